The van der Waals surface area contributed by atoms with Crippen LogP contribution < -0.4 is 0 Å². The van der Waals surface area contributed by atoms with E-state index in [2.05, 4.69) is 0 Å². The molecule has 2 aliphatic heterocycles. The Morgan fingerprint density at radius 2 is 1.77 bits per heavy atom. The average Bonchev–Trinajstić information content (AvgIpc) is 3.47. The number of carbonyl (C=O) groups is 3. The van der Waals surface area contributed by atoms with Crippen molar-refractivity contribution in [2.45, 2.75) is 63.5 Å². The Morgan fingerprint density at radius 1 is 1.03 bits per heavy atom. The Hall–Kier alpha value is -2.99. The van der Waals surface area contributed by atoms with Crippen molar-refractivity contribution in [2.75, 3.05) is 19.7 Å². The van der Waals surface area contributed by atoms with E-state index < -0.39 is 5.41 Å². The molecule has 2 atom stereocenters. The lowest BCUT2D eigenvalue weighted by Crippen LogP contribution is -2.46. The van der Waals surface area contributed by atoms with Crippen molar-refractivity contribution in [1.29, 1.82) is 0 Å². The highest BCUT2D eigenvalue weighted by Gasteiger charge is 2.54. The number of imide groups is 1. The first-order valence-corrected chi connectivity index (χ1v) is 12.8. The van der Waals surface area contributed by atoms with Crippen LogP contribution in [0.5, 0.6) is 0 Å². The van der Waals surface area contributed by atoms with E-state index in [1.807, 2.05) is 66.4 Å². The quantitative estimate of drug-likeness (QED) is 0.516. The van der Waals surface area contributed by atoms with Gasteiger partial charge >= 0.3 is 0 Å². The topological polar surface area (TPSA) is 66.9 Å². The zero-order valence-electron chi connectivity index (χ0n) is 20.4. The molecule has 0 N–H and O–H groups in total. The number of ether oxygens (including phenoxy) is 1. The largest absolute Gasteiger partial charge is 0.376 e. The standard InChI is InChI=1S/C29H34N2O4/c1-21-8-5-6-12-25(21)29(17-27(33)31(28(29)34)19-22-9-3-2-4-10-22)16-26(32)30(18-23-13-14-23)20-24-11-7-15-35-24/h2-6,8-10,12,23-24H,7,11,13-20H2,1H3/t24-,29+/m0/s1. The highest BCUT2D eigenvalue weighted by atomic mass is 16.5. The van der Waals surface area contributed by atoms with Crippen LogP contribution in [-0.4, -0.2) is 53.3 Å². The van der Waals surface area contributed by atoms with Gasteiger partial charge in [0.05, 0.1) is 18.1 Å². The maximum absolute atomic E-state index is 14.0. The molecule has 0 spiro atoms. The summed E-state index contributed by atoms with van der Waals surface area (Å²) in [7, 11) is 0. The van der Waals surface area contributed by atoms with Crippen LogP contribution in [0.4, 0.5) is 0 Å². The minimum Gasteiger partial charge on any atom is -0.376 e. The Balaban J connectivity index is 1.45. The van der Waals surface area contributed by atoms with E-state index in [0.717, 1.165) is 49.0 Å². The fourth-order valence-corrected chi connectivity index (χ4v) is 5.57. The third kappa shape index (κ3) is 5.03. The molecule has 2 heterocycles. The molecule has 5 rings (SSSR count). The number of likely N-dealkylation sites (tertiary alicyclic amines) is 1. The zero-order valence-corrected chi connectivity index (χ0v) is 20.4. The van der Waals surface area contributed by atoms with Crippen LogP contribution in [0.3, 0.4) is 0 Å². The molecule has 3 aliphatic rings. The Labute approximate surface area is 207 Å². The van der Waals surface area contributed by atoms with Gasteiger partial charge in [0.1, 0.15) is 0 Å². The van der Waals surface area contributed by atoms with Crippen LogP contribution in [0.15, 0.2) is 54.6 Å². The maximum atomic E-state index is 14.0. The minimum atomic E-state index is -1.17. The Morgan fingerprint density at radius 3 is 2.46 bits per heavy atom. The van der Waals surface area contributed by atoms with Gasteiger partial charge in [0.25, 0.3) is 0 Å². The first kappa shape index (κ1) is 23.7. The second-order valence-corrected chi connectivity index (χ2v) is 10.4. The maximum Gasteiger partial charge on any atom is 0.241 e. The van der Waals surface area contributed by atoms with Crippen LogP contribution >= 0.6 is 0 Å². The Kier molecular flexibility index (Phi) is 6.74. The molecule has 184 valence electrons. The number of nitrogens with zero attached hydrogens (tertiary/aromatic N) is 2. The summed E-state index contributed by atoms with van der Waals surface area (Å²) in [4.78, 5) is 44.4. The van der Waals surface area contributed by atoms with Crippen molar-refractivity contribution in [3.8, 4) is 0 Å². The van der Waals surface area contributed by atoms with Crippen LogP contribution in [0, 0.1) is 12.8 Å². The van der Waals surface area contributed by atoms with Gasteiger partial charge in [-0.1, -0.05) is 54.6 Å². The molecular formula is C29H34N2O4. The Bertz CT molecular complexity index is 1090. The predicted molar refractivity (Wildman–Crippen MR) is 132 cm³/mol. The average molecular weight is 475 g/mol. The summed E-state index contributed by atoms with van der Waals surface area (Å²) in [5, 5.41) is 0. The molecule has 3 amide bonds. The molecule has 2 saturated heterocycles. The van der Waals surface area contributed by atoms with Gasteiger partial charge in [-0.2, -0.15) is 0 Å². The molecule has 1 aliphatic carbocycles. The zero-order chi connectivity index (χ0) is 24.4. The molecule has 0 bridgehead atoms. The lowest BCUT2D eigenvalue weighted by Gasteiger charge is -2.32. The molecule has 35 heavy (non-hydrogen) atoms. The molecule has 3 fully saturated rings. The monoisotopic (exact) mass is 474 g/mol. The third-order valence-electron chi connectivity index (χ3n) is 7.68. The van der Waals surface area contributed by atoms with E-state index in [-0.39, 0.29) is 43.2 Å². The normalized spacial score (nSPS) is 24.3. The van der Waals surface area contributed by atoms with Crippen LogP contribution in [0.25, 0.3) is 0 Å². The van der Waals surface area contributed by atoms with E-state index >= 15 is 0 Å². The number of amides is 3. The lowest BCUT2D eigenvalue weighted by molar-refractivity contribution is -0.143. The molecule has 0 radical (unpaired) electrons. The summed E-state index contributed by atoms with van der Waals surface area (Å²) in [6.45, 7) is 4.19. The number of hydrogen-bond acceptors (Lipinski definition) is 4. The number of aryl methyl sites for hydroxylation is 1. The molecule has 6 heteroatoms. The van der Waals surface area contributed by atoms with Crippen molar-refractivity contribution in [2.24, 2.45) is 5.92 Å². The fourth-order valence-electron chi connectivity index (χ4n) is 5.57. The number of rotatable bonds is 9. The SMILES string of the molecule is Cc1ccccc1[C@@]1(CC(=O)N(CC2CC2)C[C@@H]2CCCO2)CC(=O)N(Cc2ccccc2)C1=O. The fraction of sp³-hybridized carbons (Fsp3) is 0.483. The molecule has 6 nitrogen and oxygen atoms in total. The summed E-state index contributed by atoms with van der Waals surface area (Å²) in [6, 6.07) is 17.2. The van der Waals surface area contributed by atoms with E-state index in [1.165, 1.54) is 4.90 Å². The van der Waals surface area contributed by atoms with Gasteiger partial charge in [-0.25, -0.2) is 0 Å². The van der Waals surface area contributed by atoms with Crippen LogP contribution in [0.1, 0.15) is 55.2 Å². The summed E-state index contributed by atoms with van der Waals surface area (Å²) in [5.41, 5.74) is 1.43. The summed E-state index contributed by atoms with van der Waals surface area (Å²) in [6.07, 6.45) is 4.34. The van der Waals surface area contributed by atoms with Gasteiger partial charge in [-0.3, -0.25) is 19.3 Å². The second kappa shape index (κ2) is 9.94. The van der Waals surface area contributed by atoms with Crippen molar-refractivity contribution in [3.63, 3.8) is 0 Å². The molecule has 0 aromatic heterocycles. The van der Waals surface area contributed by atoms with Crippen molar-refractivity contribution >= 4 is 17.7 Å². The van der Waals surface area contributed by atoms with Gasteiger partial charge < -0.3 is 9.64 Å². The van der Waals surface area contributed by atoms with E-state index in [9.17, 15) is 14.4 Å². The van der Waals surface area contributed by atoms with Crippen molar-refractivity contribution in [3.05, 3.63) is 71.3 Å². The second-order valence-electron chi connectivity index (χ2n) is 10.4. The van der Waals surface area contributed by atoms with Crippen LogP contribution in [-0.2, 0) is 31.1 Å². The van der Waals surface area contributed by atoms with E-state index in [4.69, 9.17) is 4.74 Å². The smallest absolute Gasteiger partial charge is 0.241 e. The van der Waals surface area contributed by atoms with Gasteiger partial charge in [0.2, 0.25) is 17.7 Å². The predicted octanol–water partition coefficient (Wildman–Crippen LogP) is 4.00. The third-order valence-corrected chi connectivity index (χ3v) is 7.68. The number of hydrogen-bond donors (Lipinski definition) is 0. The van der Waals surface area contributed by atoms with Crippen molar-refractivity contribution < 1.29 is 19.1 Å². The van der Waals surface area contributed by atoms with Crippen molar-refractivity contribution in [1.82, 2.24) is 9.80 Å². The van der Waals surface area contributed by atoms with E-state index in [0.29, 0.717) is 19.0 Å². The van der Waals surface area contributed by atoms with Gasteiger partial charge in [-0.05, 0) is 55.2 Å². The van der Waals surface area contributed by atoms with Gasteiger partial charge in [0, 0.05) is 32.5 Å². The highest BCUT2D eigenvalue weighted by molar-refractivity contribution is 6.10. The highest BCUT2D eigenvalue weighted by Crippen LogP contribution is 2.42. The number of carbonyl (C=O) groups excluding carboxylic acids is 3. The summed E-state index contributed by atoms with van der Waals surface area (Å²) >= 11 is 0. The minimum absolute atomic E-state index is 0.00710. The molecule has 2 aromatic rings. The summed E-state index contributed by atoms with van der Waals surface area (Å²) in [5.74, 6) is -0.0103. The number of benzene rings is 2. The first-order valence-electron chi connectivity index (χ1n) is 12.8. The molecule has 2 aromatic carbocycles. The summed E-state index contributed by atoms with van der Waals surface area (Å²) < 4.78 is 5.83. The molecule has 0 unspecified atom stereocenters. The van der Waals surface area contributed by atoms with Gasteiger partial charge in [0.15, 0.2) is 0 Å². The van der Waals surface area contributed by atoms with E-state index in [1.54, 1.807) is 0 Å². The first-order chi connectivity index (χ1) is 17.0. The lowest BCUT2D eigenvalue weighted by atomic mass is 9.74. The van der Waals surface area contributed by atoms with Crippen LogP contribution in [0.2, 0.25) is 0 Å². The van der Waals surface area contributed by atoms with Gasteiger partial charge in [-0.15, -0.1) is 0 Å². The molecule has 1 saturated carbocycles. The molecular weight excluding hydrogens is 440 g/mol.